The molecular weight excluding hydrogens is 432 g/mol. The second-order valence-electron chi connectivity index (χ2n) is 8.56. The van der Waals surface area contributed by atoms with Crippen LogP contribution in [-0.4, -0.2) is 32.8 Å². The Labute approximate surface area is 197 Å². The summed E-state index contributed by atoms with van der Waals surface area (Å²) < 4.78 is 11.9. The maximum atomic E-state index is 13.7. The Morgan fingerprint density at radius 2 is 1.76 bits per heavy atom. The highest BCUT2D eigenvalue weighted by atomic mass is 16.5. The summed E-state index contributed by atoms with van der Waals surface area (Å²) in [6, 6.07) is 16.1. The molecule has 0 radical (unpaired) electrons. The van der Waals surface area contributed by atoms with Crippen molar-refractivity contribution < 1.29 is 24.3 Å². The van der Waals surface area contributed by atoms with Gasteiger partial charge in [-0.3, -0.25) is 9.36 Å². The zero-order valence-corrected chi connectivity index (χ0v) is 18.9. The number of nitrogens with zero attached hydrogens (tertiary/aromatic N) is 2. The summed E-state index contributed by atoms with van der Waals surface area (Å²) in [7, 11) is 1.51. The van der Waals surface area contributed by atoms with Gasteiger partial charge in [0.2, 0.25) is 11.7 Å². The van der Waals surface area contributed by atoms with Crippen LogP contribution < -0.4 is 4.74 Å². The van der Waals surface area contributed by atoms with E-state index >= 15 is 0 Å². The van der Waals surface area contributed by atoms with E-state index in [0.717, 1.165) is 37.7 Å². The normalized spacial score (nSPS) is 14.3. The summed E-state index contributed by atoms with van der Waals surface area (Å²) in [5.41, 5.74) is 3.33. The van der Waals surface area contributed by atoms with E-state index in [1.54, 1.807) is 34.9 Å². The molecule has 0 amide bonds. The van der Waals surface area contributed by atoms with Crippen molar-refractivity contribution in [2.24, 2.45) is 0 Å². The standard InChI is InChI=1S/C27H26N2O5/c1-33-22-10-6-5-9-20(22)25(30)23-24(18-7-3-2-4-8-18)29(27(32)26(23)31)19-13-11-17(12-14-19)21-15-16-34-28-21/h5-6,9-16,18,31-32H,2-4,7-8H2,1H3. The fourth-order valence-corrected chi connectivity index (χ4v) is 4.92. The Hall–Kier alpha value is -4.00. The molecule has 2 aromatic heterocycles. The van der Waals surface area contributed by atoms with Crippen molar-refractivity contribution in [3.05, 3.63) is 77.7 Å². The highest BCUT2D eigenvalue weighted by molar-refractivity contribution is 6.14. The highest BCUT2D eigenvalue weighted by Crippen LogP contribution is 2.46. The molecule has 0 atom stereocenters. The lowest BCUT2D eigenvalue weighted by molar-refractivity contribution is 0.103. The molecule has 7 nitrogen and oxygen atoms in total. The van der Waals surface area contributed by atoms with E-state index in [2.05, 4.69) is 5.16 Å². The van der Waals surface area contributed by atoms with E-state index in [1.807, 2.05) is 24.3 Å². The SMILES string of the molecule is COc1ccccc1C(=O)c1c(O)c(O)n(-c2ccc(-c3ccon3)cc2)c1C1CCCCC1. The van der Waals surface area contributed by atoms with E-state index in [-0.39, 0.29) is 23.1 Å². The lowest BCUT2D eigenvalue weighted by Crippen LogP contribution is -2.15. The number of carbonyl (C=O) groups is 1. The van der Waals surface area contributed by atoms with E-state index in [4.69, 9.17) is 9.26 Å². The van der Waals surface area contributed by atoms with Gasteiger partial charge in [-0.05, 0) is 37.1 Å². The number of ether oxygens (including phenoxy) is 1. The Kier molecular flexibility index (Phi) is 5.84. The molecule has 0 unspecified atom stereocenters. The first kappa shape index (κ1) is 21.8. The smallest absolute Gasteiger partial charge is 0.240 e. The Bertz CT molecular complexity index is 1300. The largest absolute Gasteiger partial charge is 0.503 e. The highest BCUT2D eigenvalue weighted by Gasteiger charge is 2.34. The zero-order chi connectivity index (χ0) is 23.7. The number of rotatable bonds is 6. The van der Waals surface area contributed by atoms with E-state index in [0.29, 0.717) is 28.4 Å². The number of hydrogen-bond acceptors (Lipinski definition) is 6. The van der Waals surface area contributed by atoms with Gasteiger partial charge in [0.1, 0.15) is 17.7 Å². The maximum absolute atomic E-state index is 13.7. The molecule has 5 rings (SSSR count). The fourth-order valence-electron chi connectivity index (χ4n) is 4.92. The molecular formula is C27H26N2O5. The lowest BCUT2D eigenvalue weighted by Gasteiger charge is -2.25. The van der Waals surface area contributed by atoms with Crippen LogP contribution in [0, 0.1) is 0 Å². The minimum absolute atomic E-state index is 0.0319. The number of aromatic hydroxyl groups is 2. The molecule has 2 N–H and O–H groups in total. The number of ketones is 1. The summed E-state index contributed by atoms with van der Waals surface area (Å²) in [5.74, 6) is -0.663. The minimum Gasteiger partial charge on any atom is -0.503 e. The van der Waals surface area contributed by atoms with Gasteiger partial charge in [-0.25, -0.2) is 0 Å². The van der Waals surface area contributed by atoms with Gasteiger partial charge in [0.25, 0.3) is 0 Å². The van der Waals surface area contributed by atoms with Gasteiger partial charge in [0, 0.05) is 28.9 Å². The second-order valence-corrected chi connectivity index (χ2v) is 8.56. The first-order chi connectivity index (χ1) is 16.6. The van der Waals surface area contributed by atoms with Gasteiger partial charge in [-0.1, -0.05) is 48.7 Å². The molecule has 2 heterocycles. The number of aromatic nitrogens is 2. The van der Waals surface area contributed by atoms with Gasteiger partial charge in [-0.15, -0.1) is 0 Å². The molecule has 0 spiro atoms. The van der Waals surface area contributed by atoms with Crippen LogP contribution in [0.3, 0.4) is 0 Å². The molecule has 0 saturated heterocycles. The molecule has 1 aliphatic rings. The van der Waals surface area contributed by atoms with E-state index in [9.17, 15) is 15.0 Å². The van der Waals surface area contributed by atoms with Crippen LogP contribution >= 0.6 is 0 Å². The Balaban J connectivity index is 1.67. The van der Waals surface area contributed by atoms with Crippen molar-refractivity contribution in [2.75, 3.05) is 7.11 Å². The summed E-state index contributed by atoms with van der Waals surface area (Å²) in [4.78, 5) is 13.7. The van der Waals surface area contributed by atoms with Crippen LogP contribution in [0.25, 0.3) is 16.9 Å². The first-order valence-corrected chi connectivity index (χ1v) is 11.5. The van der Waals surface area contributed by atoms with Crippen LogP contribution in [0.1, 0.15) is 59.6 Å². The average molecular weight is 459 g/mol. The number of carbonyl (C=O) groups excluding carboxylic acids is 1. The third-order valence-electron chi connectivity index (χ3n) is 6.59. The van der Waals surface area contributed by atoms with Crippen molar-refractivity contribution in [2.45, 2.75) is 38.0 Å². The average Bonchev–Trinajstić information content (AvgIpc) is 3.51. The van der Waals surface area contributed by atoms with Gasteiger partial charge >= 0.3 is 0 Å². The quantitative estimate of drug-likeness (QED) is 0.353. The van der Waals surface area contributed by atoms with Gasteiger partial charge in [0.15, 0.2) is 5.75 Å². The molecule has 0 aliphatic heterocycles. The first-order valence-electron chi connectivity index (χ1n) is 11.5. The van der Waals surface area contributed by atoms with Crippen molar-refractivity contribution in [3.63, 3.8) is 0 Å². The predicted octanol–water partition coefficient (Wildman–Crippen LogP) is 5.83. The molecule has 2 aromatic carbocycles. The van der Waals surface area contributed by atoms with Crippen LogP contribution in [-0.2, 0) is 0 Å². The van der Waals surface area contributed by atoms with Gasteiger partial charge in [0.05, 0.1) is 18.2 Å². The van der Waals surface area contributed by atoms with Crippen LogP contribution in [0.4, 0.5) is 0 Å². The fraction of sp³-hybridized carbons (Fsp3) is 0.259. The number of methoxy groups -OCH3 is 1. The second kappa shape index (κ2) is 9.09. The summed E-state index contributed by atoms with van der Waals surface area (Å²) in [6.45, 7) is 0. The molecule has 7 heteroatoms. The third-order valence-corrected chi connectivity index (χ3v) is 6.59. The monoisotopic (exact) mass is 458 g/mol. The molecule has 1 saturated carbocycles. The van der Waals surface area contributed by atoms with Crippen LogP contribution in [0.5, 0.6) is 17.4 Å². The molecule has 4 aromatic rings. The molecule has 1 fully saturated rings. The van der Waals surface area contributed by atoms with Crippen molar-refractivity contribution >= 4 is 5.78 Å². The number of para-hydroxylation sites is 1. The number of hydrogen-bond donors (Lipinski definition) is 2. The van der Waals surface area contributed by atoms with Gasteiger partial charge < -0.3 is 19.5 Å². The molecule has 34 heavy (non-hydrogen) atoms. The Morgan fingerprint density at radius 1 is 1.03 bits per heavy atom. The van der Waals surface area contributed by atoms with Crippen molar-refractivity contribution in [1.29, 1.82) is 0 Å². The van der Waals surface area contributed by atoms with Crippen molar-refractivity contribution in [1.82, 2.24) is 9.72 Å². The van der Waals surface area contributed by atoms with Gasteiger partial charge in [-0.2, -0.15) is 0 Å². The lowest BCUT2D eigenvalue weighted by atomic mass is 9.84. The minimum atomic E-state index is -0.406. The molecule has 1 aliphatic carbocycles. The van der Waals surface area contributed by atoms with E-state index in [1.165, 1.54) is 13.4 Å². The van der Waals surface area contributed by atoms with Crippen LogP contribution in [0.2, 0.25) is 0 Å². The topological polar surface area (TPSA) is 97.7 Å². The van der Waals surface area contributed by atoms with Crippen molar-refractivity contribution in [3.8, 4) is 34.3 Å². The zero-order valence-electron chi connectivity index (χ0n) is 18.9. The summed E-state index contributed by atoms with van der Waals surface area (Å²) in [5, 5.41) is 26.1. The predicted molar refractivity (Wildman–Crippen MR) is 127 cm³/mol. The van der Waals surface area contributed by atoms with E-state index < -0.39 is 5.75 Å². The van der Waals surface area contributed by atoms with Crippen LogP contribution in [0.15, 0.2) is 65.4 Å². The maximum Gasteiger partial charge on any atom is 0.240 e. The summed E-state index contributed by atoms with van der Waals surface area (Å²) >= 11 is 0. The number of benzene rings is 2. The molecule has 0 bridgehead atoms. The third kappa shape index (κ3) is 3.73. The summed E-state index contributed by atoms with van der Waals surface area (Å²) in [6.07, 6.45) is 6.47. The molecule has 174 valence electrons. The Morgan fingerprint density at radius 3 is 2.44 bits per heavy atom.